The normalized spacial score (nSPS) is 13.8. The summed E-state index contributed by atoms with van der Waals surface area (Å²) in [4.78, 5) is 9.78. The molecular formula is C136H106N4O4. The maximum Gasteiger partial charge on any atom is 0.160 e. The van der Waals surface area contributed by atoms with Crippen LogP contribution in [-0.2, 0) is 21.7 Å². The second-order valence-electron chi connectivity index (χ2n) is 41.6. The SMILES string of the molecule is CC(C)c1ccc(N(c2ccccc2)c2cc3c(c4c2oc2cc(-c5cccc(C6(c7ccccc7)c7cc(N(c8ccccc8)c8ccc(C(C)(C)C)cc8)c8c(oc9ccccc98)c7-c7c6cc(N(c6ccccc6)c6ccc(C(C)(C)C)cc6)c6oc8ccccc8c76)c5)ccc24)-c2c(cc(N(c4ccccc4)c4ccc(C(C)C)cc4)c4c2oc2ccccc24)C3(c2ccccc2)c2ccccc2)cc1. The summed E-state index contributed by atoms with van der Waals surface area (Å²) in [6, 6.07) is 166. The van der Waals surface area contributed by atoms with Crippen LogP contribution in [0.5, 0.6) is 0 Å². The number of para-hydroxylation sites is 7. The lowest BCUT2D eigenvalue weighted by Gasteiger charge is -2.36. The van der Waals surface area contributed by atoms with Crippen molar-refractivity contribution in [2.45, 2.75) is 103 Å². The fourth-order valence-electron chi connectivity index (χ4n) is 23.8. The summed E-state index contributed by atoms with van der Waals surface area (Å²) < 4.78 is 31.7. The van der Waals surface area contributed by atoms with Crippen molar-refractivity contribution in [3.8, 4) is 33.4 Å². The molecule has 0 N–H and O–H groups in total. The predicted molar refractivity (Wildman–Crippen MR) is 600 cm³/mol. The quantitative estimate of drug-likeness (QED) is 0.0793. The third kappa shape index (κ3) is 13.6. The molecule has 26 rings (SSSR count). The summed E-state index contributed by atoms with van der Waals surface area (Å²) in [7, 11) is 0. The lowest BCUT2D eigenvalue weighted by atomic mass is 9.67. The summed E-state index contributed by atoms with van der Waals surface area (Å²) in [6.07, 6.45) is 0. The molecule has 2 aliphatic rings. The van der Waals surface area contributed by atoms with Gasteiger partial charge in [0.25, 0.3) is 0 Å². The van der Waals surface area contributed by atoms with Gasteiger partial charge in [0.05, 0.1) is 44.4 Å². The van der Waals surface area contributed by atoms with Gasteiger partial charge in [0.1, 0.15) is 33.5 Å². The number of rotatable bonds is 19. The van der Waals surface area contributed by atoms with E-state index in [9.17, 15) is 0 Å². The average molecular weight is 1860 g/mol. The van der Waals surface area contributed by atoms with Crippen molar-refractivity contribution in [3.63, 3.8) is 0 Å². The molecule has 0 spiro atoms. The van der Waals surface area contributed by atoms with E-state index in [0.29, 0.717) is 11.8 Å². The van der Waals surface area contributed by atoms with E-state index in [-0.39, 0.29) is 10.8 Å². The summed E-state index contributed by atoms with van der Waals surface area (Å²) in [5.41, 5.74) is 35.1. The van der Waals surface area contributed by atoms with Gasteiger partial charge >= 0.3 is 0 Å². The lowest BCUT2D eigenvalue weighted by Crippen LogP contribution is -2.29. The zero-order chi connectivity index (χ0) is 97.2. The molecule has 0 aliphatic heterocycles. The lowest BCUT2D eigenvalue weighted by molar-refractivity contribution is 0.590. The first-order chi connectivity index (χ1) is 70.4. The minimum absolute atomic E-state index is 0.107. The van der Waals surface area contributed by atoms with Crippen LogP contribution in [0.3, 0.4) is 0 Å². The fourth-order valence-corrected chi connectivity index (χ4v) is 23.8. The molecule has 1 atom stereocenters. The number of hydrogen-bond acceptors (Lipinski definition) is 8. The van der Waals surface area contributed by atoms with E-state index in [4.69, 9.17) is 17.7 Å². The van der Waals surface area contributed by atoms with E-state index in [1.807, 2.05) is 0 Å². The number of anilines is 12. The third-order valence-electron chi connectivity index (χ3n) is 30.6. The maximum absolute atomic E-state index is 8.23. The molecule has 8 nitrogen and oxygen atoms in total. The molecule has 2 aliphatic carbocycles. The van der Waals surface area contributed by atoms with Crippen molar-refractivity contribution in [2.75, 3.05) is 19.6 Å². The van der Waals surface area contributed by atoms with Gasteiger partial charge in [-0.25, -0.2) is 0 Å². The first kappa shape index (κ1) is 87.1. The van der Waals surface area contributed by atoms with Gasteiger partial charge in [-0.1, -0.05) is 360 Å². The molecule has 20 aromatic carbocycles. The van der Waals surface area contributed by atoms with Gasteiger partial charge in [0.15, 0.2) is 11.2 Å². The molecule has 144 heavy (non-hydrogen) atoms. The van der Waals surface area contributed by atoms with Crippen molar-refractivity contribution in [3.05, 3.63) is 516 Å². The van der Waals surface area contributed by atoms with Gasteiger partial charge in [0, 0.05) is 100 Å². The fraction of sp³-hybridized carbons (Fsp3) is 0.118. The minimum Gasteiger partial charge on any atom is -0.455 e. The van der Waals surface area contributed by atoms with E-state index in [0.717, 1.165) is 234 Å². The topological polar surface area (TPSA) is 65.5 Å². The Labute approximate surface area is 839 Å². The van der Waals surface area contributed by atoms with Gasteiger partial charge in [-0.2, -0.15) is 0 Å². The van der Waals surface area contributed by atoms with Crippen LogP contribution in [0.25, 0.3) is 121 Å². The first-order valence-corrected chi connectivity index (χ1v) is 50.5. The second kappa shape index (κ2) is 33.8. The van der Waals surface area contributed by atoms with Crippen molar-refractivity contribution < 1.29 is 17.7 Å². The first-order valence-electron chi connectivity index (χ1n) is 50.5. The summed E-state index contributed by atoms with van der Waals surface area (Å²) in [6.45, 7) is 22.8. The van der Waals surface area contributed by atoms with Crippen LogP contribution < -0.4 is 19.6 Å². The van der Waals surface area contributed by atoms with Crippen molar-refractivity contribution in [1.29, 1.82) is 0 Å². The Morgan fingerprint density at radius 1 is 0.208 bits per heavy atom. The predicted octanol–water partition coefficient (Wildman–Crippen LogP) is 38.4. The van der Waals surface area contributed by atoms with Gasteiger partial charge in [0.2, 0.25) is 0 Å². The Kier molecular flexibility index (Phi) is 20.4. The molecule has 0 saturated heterocycles. The molecule has 4 aromatic heterocycles. The Hall–Kier alpha value is -17.2. The minimum atomic E-state index is -1.16. The summed E-state index contributed by atoms with van der Waals surface area (Å²) in [5.74, 6) is 0.622. The molecule has 8 heteroatoms. The van der Waals surface area contributed by atoms with Crippen LogP contribution in [0.1, 0.15) is 148 Å². The van der Waals surface area contributed by atoms with Crippen LogP contribution in [0.2, 0.25) is 0 Å². The summed E-state index contributed by atoms with van der Waals surface area (Å²) in [5, 5.41) is 7.92. The van der Waals surface area contributed by atoms with Crippen LogP contribution >= 0.6 is 0 Å². The second-order valence-corrected chi connectivity index (χ2v) is 41.6. The van der Waals surface area contributed by atoms with E-state index in [2.05, 4.69) is 538 Å². The van der Waals surface area contributed by atoms with Crippen molar-refractivity contribution >= 4 is 156 Å². The number of fused-ring (bicyclic) bond motifs is 22. The molecule has 0 bridgehead atoms. The molecule has 694 valence electrons. The number of nitrogens with zero attached hydrogens (tertiary/aromatic N) is 4. The Bertz CT molecular complexity index is 9070. The Balaban J connectivity index is 0.786. The van der Waals surface area contributed by atoms with Crippen LogP contribution in [0, 0.1) is 0 Å². The number of hydrogen-bond donors (Lipinski definition) is 0. The van der Waals surface area contributed by atoms with Crippen LogP contribution in [-0.4, -0.2) is 0 Å². The zero-order valence-corrected chi connectivity index (χ0v) is 82.3. The standard InChI is InChI=1S/C136H106N4O4/c1-85(2)87-61-70-101(71-62-87)137(97-47-24-14-25-48-97)113-81-111-127(131-121(113)105-55-32-35-58-117(105)142-131)125-109(135(111,93-40-18-11-19-41-93)94-42-20-12-21-43-94)83-116(139(99-51-28-16-29-52-99)102-72-63-88(64-73-102)86(3)4)130-124(125)108-78-65-90(80-120(108)144-130)89-39-38-46-96(79-89)136(95-44-22-13-23-45-95)110-84-115(140(100-53-30-17-31-54-100)104-76-68-92(69-77-104)134(8,9)10)129-123(107-57-34-37-60-119(107)141-129)126(110)128-112(136)82-114(122-106-56-33-36-59-118(106)143-132(122)128)138(98-49-26-15-27-50-98)103-74-66-91(67-75-103)133(5,6)7/h11-86H,1-10H3. The average Bonchev–Trinajstić information content (AvgIpc) is 1.50. The van der Waals surface area contributed by atoms with Gasteiger partial charge < -0.3 is 37.3 Å². The van der Waals surface area contributed by atoms with Crippen molar-refractivity contribution in [1.82, 2.24) is 0 Å². The molecule has 4 heterocycles. The monoisotopic (exact) mass is 1860 g/mol. The highest BCUT2D eigenvalue weighted by Crippen LogP contribution is 2.68. The van der Waals surface area contributed by atoms with Gasteiger partial charge in [-0.05, 0) is 258 Å². The van der Waals surface area contributed by atoms with Gasteiger partial charge in [-0.15, -0.1) is 0 Å². The highest BCUT2D eigenvalue weighted by molar-refractivity contribution is 6.29. The maximum atomic E-state index is 8.23. The Morgan fingerprint density at radius 3 is 0.840 bits per heavy atom. The van der Waals surface area contributed by atoms with E-state index >= 15 is 0 Å². The van der Waals surface area contributed by atoms with Gasteiger partial charge in [-0.3, -0.25) is 0 Å². The molecule has 0 amide bonds. The van der Waals surface area contributed by atoms with E-state index in [1.54, 1.807) is 0 Å². The Morgan fingerprint density at radius 2 is 0.479 bits per heavy atom. The molecule has 0 fully saturated rings. The van der Waals surface area contributed by atoms with Crippen LogP contribution in [0.4, 0.5) is 68.2 Å². The largest absolute Gasteiger partial charge is 0.455 e. The highest BCUT2D eigenvalue weighted by Gasteiger charge is 2.54. The smallest absolute Gasteiger partial charge is 0.160 e. The van der Waals surface area contributed by atoms with Crippen LogP contribution in [0.15, 0.2) is 467 Å². The zero-order valence-electron chi connectivity index (χ0n) is 82.3. The molecule has 24 aromatic rings. The van der Waals surface area contributed by atoms with E-state index < -0.39 is 10.8 Å². The molecular weight excluding hydrogens is 1750 g/mol. The summed E-state index contributed by atoms with van der Waals surface area (Å²) >= 11 is 0. The van der Waals surface area contributed by atoms with Crippen molar-refractivity contribution in [2.24, 2.45) is 0 Å². The molecule has 0 saturated carbocycles. The number of furan rings is 4. The third-order valence-corrected chi connectivity index (χ3v) is 30.6. The number of benzene rings is 20. The highest BCUT2D eigenvalue weighted by atomic mass is 16.3. The molecule has 1 unspecified atom stereocenters. The van der Waals surface area contributed by atoms with E-state index in [1.165, 1.54) is 22.3 Å². The molecule has 0 radical (unpaired) electrons.